The van der Waals surface area contributed by atoms with Crippen LogP contribution in [0.5, 0.6) is 5.88 Å². The number of benzene rings is 1. The average molecular weight is 309 g/mol. The Hall–Kier alpha value is -2.82. The molecule has 23 heavy (non-hydrogen) atoms. The van der Waals surface area contributed by atoms with Crippen molar-refractivity contribution in [1.82, 2.24) is 15.0 Å². The molecule has 0 spiro atoms. The Balaban J connectivity index is 1.84. The maximum atomic E-state index is 13.2. The van der Waals surface area contributed by atoms with Gasteiger partial charge in [0.1, 0.15) is 12.4 Å². The lowest BCUT2D eigenvalue weighted by Crippen LogP contribution is -2.02. The molecule has 0 fully saturated rings. The van der Waals surface area contributed by atoms with Gasteiger partial charge >= 0.3 is 0 Å². The summed E-state index contributed by atoms with van der Waals surface area (Å²) in [5, 5.41) is 0. The van der Waals surface area contributed by atoms with Crippen LogP contribution in [0.2, 0.25) is 0 Å². The van der Waals surface area contributed by atoms with Crippen LogP contribution < -0.4 is 4.74 Å². The summed E-state index contributed by atoms with van der Waals surface area (Å²) in [5.41, 5.74) is 2.53. The van der Waals surface area contributed by atoms with Gasteiger partial charge in [0.2, 0.25) is 5.88 Å². The lowest BCUT2D eigenvalue weighted by molar-refractivity contribution is 0.292. The molecule has 3 aromatic rings. The van der Waals surface area contributed by atoms with Crippen molar-refractivity contribution < 1.29 is 9.13 Å². The molecule has 2 aromatic heterocycles. The van der Waals surface area contributed by atoms with Crippen molar-refractivity contribution in [1.29, 1.82) is 0 Å². The van der Waals surface area contributed by atoms with Crippen LogP contribution in [0.15, 0.2) is 54.9 Å². The average Bonchev–Trinajstić information content (AvgIpc) is 2.60. The molecule has 0 amide bonds. The van der Waals surface area contributed by atoms with Crippen LogP contribution in [0.3, 0.4) is 0 Å². The van der Waals surface area contributed by atoms with E-state index in [1.165, 1.54) is 12.1 Å². The Morgan fingerprint density at radius 1 is 1.04 bits per heavy atom. The highest BCUT2D eigenvalue weighted by Gasteiger charge is 2.07. The van der Waals surface area contributed by atoms with Crippen molar-refractivity contribution in [3.63, 3.8) is 0 Å². The molecule has 4 nitrogen and oxygen atoms in total. The van der Waals surface area contributed by atoms with E-state index in [0.29, 0.717) is 11.7 Å². The first-order valence-corrected chi connectivity index (χ1v) is 7.40. The van der Waals surface area contributed by atoms with Gasteiger partial charge in [0.05, 0.1) is 0 Å². The van der Waals surface area contributed by atoms with E-state index >= 15 is 0 Å². The maximum Gasteiger partial charge on any atom is 0.217 e. The molecule has 0 bridgehead atoms. The van der Waals surface area contributed by atoms with Crippen LogP contribution in [0.4, 0.5) is 4.39 Å². The second-order valence-electron chi connectivity index (χ2n) is 5.03. The van der Waals surface area contributed by atoms with Crippen molar-refractivity contribution in [2.45, 2.75) is 20.0 Å². The van der Waals surface area contributed by atoms with Gasteiger partial charge in [0, 0.05) is 29.7 Å². The quantitative estimate of drug-likeness (QED) is 0.719. The number of pyridine rings is 1. The minimum atomic E-state index is -0.277. The lowest BCUT2D eigenvalue weighted by atomic mass is 10.2. The Morgan fingerprint density at radius 2 is 1.87 bits per heavy atom. The van der Waals surface area contributed by atoms with Gasteiger partial charge < -0.3 is 4.74 Å². The van der Waals surface area contributed by atoms with E-state index in [9.17, 15) is 4.39 Å². The third-order valence-electron chi connectivity index (χ3n) is 3.33. The predicted octanol–water partition coefficient (Wildman–Crippen LogP) is 3.82. The van der Waals surface area contributed by atoms with Crippen molar-refractivity contribution in [3.05, 3.63) is 71.9 Å². The first-order chi connectivity index (χ1) is 11.2. The van der Waals surface area contributed by atoms with E-state index in [1.807, 2.05) is 31.2 Å². The first kappa shape index (κ1) is 15.1. The van der Waals surface area contributed by atoms with Gasteiger partial charge in [0.25, 0.3) is 0 Å². The van der Waals surface area contributed by atoms with Gasteiger partial charge in [-0.05, 0) is 36.2 Å². The van der Waals surface area contributed by atoms with Gasteiger partial charge in [-0.3, -0.25) is 4.98 Å². The minimum absolute atomic E-state index is 0.258. The summed E-state index contributed by atoms with van der Waals surface area (Å²) in [6.45, 7) is 2.28. The monoisotopic (exact) mass is 309 g/mol. The third-order valence-corrected chi connectivity index (χ3v) is 3.33. The maximum absolute atomic E-state index is 13.2. The molecule has 0 radical (unpaired) electrons. The summed E-state index contributed by atoms with van der Waals surface area (Å²) < 4.78 is 18.9. The predicted molar refractivity (Wildman–Crippen MR) is 85.4 cm³/mol. The van der Waals surface area contributed by atoms with Crippen LogP contribution in [0.1, 0.15) is 18.2 Å². The summed E-state index contributed by atoms with van der Waals surface area (Å²) in [4.78, 5) is 12.9. The molecule has 0 unspecified atom stereocenters. The van der Waals surface area contributed by atoms with E-state index < -0.39 is 0 Å². The molecule has 0 aliphatic rings. The molecule has 2 heterocycles. The van der Waals surface area contributed by atoms with Crippen molar-refractivity contribution in [2.24, 2.45) is 0 Å². The van der Waals surface area contributed by atoms with E-state index in [2.05, 4.69) is 15.0 Å². The third kappa shape index (κ3) is 3.88. The number of aromatic nitrogens is 3. The van der Waals surface area contributed by atoms with E-state index in [0.717, 1.165) is 23.2 Å². The molecular weight excluding hydrogens is 293 g/mol. The van der Waals surface area contributed by atoms with Crippen molar-refractivity contribution in [3.8, 4) is 17.3 Å². The topological polar surface area (TPSA) is 47.9 Å². The summed E-state index contributed by atoms with van der Waals surface area (Å²) in [7, 11) is 0. The zero-order chi connectivity index (χ0) is 16.1. The number of hydrogen-bond acceptors (Lipinski definition) is 4. The van der Waals surface area contributed by atoms with Crippen LogP contribution in [-0.4, -0.2) is 15.0 Å². The zero-order valence-electron chi connectivity index (χ0n) is 12.7. The smallest absolute Gasteiger partial charge is 0.217 e. The standard InChI is InChI=1S/C18H16FN3O/c1-2-16-11-17(23-12-13-4-3-5-15(19)10-13)22-18(21-16)14-6-8-20-9-7-14/h3-11H,2,12H2,1H3. The largest absolute Gasteiger partial charge is 0.473 e. The number of halogens is 1. The molecule has 0 aliphatic carbocycles. The number of ether oxygens (including phenoxy) is 1. The molecule has 0 saturated carbocycles. The number of nitrogens with zero attached hydrogens (tertiary/aromatic N) is 3. The summed E-state index contributed by atoms with van der Waals surface area (Å²) in [6.07, 6.45) is 4.17. The Labute approximate surface area is 134 Å². The van der Waals surface area contributed by atoms with Gasteiger partial charge in [-0.15, -0.1) is 0 Å². The molecule has 0 saturated heterocycles. The van der Waals surface area contributed by atoms with Crippen molar-refractivity contribution >= 4 is 0 Å². The molecule has 0 atom stereocenters. The second kappa shape index (κ2) is 6.96. The van der Waals surface area contributed by atoms with Crippen LogP contribution in [0.25, 0.3) is 11.4 Å². The molecule has 116 valence electrons. The van der Waals surface area contributed by atoms with Gasteiger partial charge in [-0.25, -0.2) is 9.37 Å². The van der Waals surface area contributed by atoms with Crippen molar-refractivity contribution in [2.75, 3.05) is 0 Å². The fourth-order valence-electron chi connectivity index (χ4n) is 2.14. The van der Waals surface area contributed by atoms with Gasteiger partial charge in [-0.1, -0.05) is 19.1 Å². The summed E-state index contributed by atoms with van der Waals surface area (Å²) in [5.74, 6) is 0.800. The van der Waals surface area contributed by atoms with Crippen LogP contribution >= 0.6 is 0 Å². The zero-order valence-corrected chi connectivity index (χ0v) is 12.7. The highest BCUT2D eigenvalue weighted by molar-refractivity contribution is 5.54. The number of rotatable bonds is 5. The molecular formula is C18H16FN3O. The van der Waals surface area contributed by atoms with Crippen LogP contribution in [0, 0.1) is 5.82 Å². The Morgan fingerprint density at radius 3 is 2.61 bits per heavy atom. The molecule has 0 N–H and O–H groups in total. The first-order valence-electron chi connectivity index (χ1n) is 7.40. The number of hydrogen-bond donors (Lipinski definition) is 0. The highest BCUT2D eigenvalue weighted by atomic mass is 19.1. The fraction of sp³-hybridized carbons (Fsp3) is 0.167. The van der Waals surface area contributed by atoms with Crippen LogP contribution in [-0.2, 0) is 13.0 Å². The Kier molecular flexibility index (Phi) is 4.57. The minimum Gasteiger partial charge on any atom is -0.473 e. The molecule has 1 aromatic carbocycles. The normalized spacial score (nSPS) is 10.5. The molecule has 3 rings (SSSR count). The highest BCUT2D eigenvalue weighted by Crippen LogP contribution is 2.19. The van der Waals surface area contributed by atoms with E-state index in [1.54, 1.807) is 18.5 Å². The fourth-order valence-corrected chi connectivity index (χ4v) is 2.14. The lowest BCUT2D eigenvalue weighted by Gasteiger charge is -2.09. The second-order valence-corrected chi connectivity index (χ2v) is 5.03. The van der Waals surface area contributed by atoms with Gasteiger partial charge in [-0.2, -0.15) is 4.98 Å². The SMILES string of the molecule is CCc1cc(OCc2cccc(F)c2)nc(-c2ccncc2)n1. The molecule has 0 aliphatic heterocycles. The van der Waals surface area contributed by atoms with E-state index in [4.69, 9.17) is 4.74 Å². The van der Waals surface area contributed by atoms with E-state index in [-0.39, 0.29) is 12.4 Å². The molecule has 5 heteroatoms. The summed E-state index contributed by atoms with van der Waals surface area (Å²) in [6, 6.07) is 11.8. The summed E-state index contributed by atoms with van der Waals surface area (Å²) >= 11 is 0. The number of aryl methyl sites for hydroxylation is 1. The Bertz CT molecular complexity index is 793. The van der Waals surface area contributed by atoms with Gasteiger partial charge in [0.15, 0.2) is 5.82 Å².